The van der Waals surface area contributed by atoms with Gasteiger partial charge in [-0.2, -0.15) is 5.10 Å². The predicted octanol–water partition coefficient (Wildman–Crippen LogP) is 1.24. The summed E-state index contributed by atoms with van der Waals surface area (Å²) in [6.07, 6.45) is 1.49. The Morgan fingerprint density at radius 1 is 1.24 bits per heavy atom. The first-order chi connectivity index (χ1) is 15.9. The zero-order valence-corrected chi connectivity index (χ0v) is 18.7. The van der Waals surface area contributed by atoms with Crippen molar-refractivity contribution in [3.8, 4) is 17.1 Å². The lowest BCUT2D eigenvalue weighted by molar-refractivity contribution is -0.118. The molecule has 0 radical (unpaired) electrons. The van der Waals surface area contributed by atoms with Crippen LogP contribution in [0.3, 0.4) is 0 Å². The Balaban J connectivity index is 1.37. The molecule has 0 aliphatic carbocycles. The molecule has 2 aliphatic heterocycles. The first kappa shape index (κ1) is 21.1. The number of anilines is 1. The Labute approximate surface area is 190 Å². The summed E-state index contributed by atoms with van der Waals surface area (Å²) in [5.41, 5.74) is 2.50. The van der Waals surface area contributed by atoms with Crippen LogP contribution in [-0.2, 0) is 11.8 Å². The Bertz CT molecular complexity index is 1200. The summed E-state index contributed by atoms with van der Waals surface area (Å²) in [4.78, 5) is 34.0. The number of benzene rings is 1. The standard InChI is InChI=1S/C22H25N7O4/c1-13-20(14(2)33-26-13)22(31)29-7-6-28-10-19(30)25-17-8-15(21-23-12-24-27(21)3)4-5-18(17)32-11-16(28)9-29/h4-5,8,12,16H,6-7,9-11H2,1-3H3,(H,25,30)/t16-/m1/s1. The van der Waals surface area contributed by atoms with Crippen molar-refractivity contribution in [1.29, 1.82) is 0 Å². The first-order valence-corrected chi connectivity index (χ1v) is 10.8. The molecule has 1 fully saturated rings. The highest BCUT2D eigenvalue weighted by molar-refractivity contribution is 5.96. The van der Waals surface area contributed by atoms with Gasteiger partial charge in [0.25, 0.3) is 5.91 Å². The van der Waals surface area contributed by atoms with Gasteiger partial charge in [-0.05, 0) is 32.0 Å². The van der Waals surface area contributed by atoms with Crippen molar-refractivity contribution < 1.29 is 18.8 Å². The van der Waals surface area contributed by atoms with Gasteiger partial charge in [0.2, 0.25) is 5.91 Å². The molecule has 1 saturated heterocycles. The van der Waals surface area contributed by atoms with Crippen molar-refractivity contribution in [2.75, 3.05) is 38.1 Å². The highest BCUT2D eigenvalue weighted by Crippen LogP contribution is 2.31. The molecule has 11 heteroatoms. The summed E-state index contributed by atoms with van der Waals surface area (Å²) < 4.78 is 13.0. The van der Waals surface area contributed by atoms with Gasteiger partial charge in [-0.15, -0.1) is 0 Å². The van der Waals surface area contributed by atoms with Crippen LogP contribution in [0.2, 0.25) is 0 Å². The maximum atomic E-state index is 13.1. The monoisotopic (exact) mass is 451 g/mol. The van der Waals surface area contributed by atoms with Gasteiger partial charge in [0.05, 0.1) is 24.0 Å². The summed E-state index contributed by atoms with van der Waals surface area (Å²) >= 11 is 0. The summed E-state index contributed by atoms with van der Waals surface area (Å²) in [6, 6.07) is 5.43. The molecule has 0 spiro atoms. The van der Waals surface area contributed by atoms with Gasteiger partial charge in [0, 0.05) is 32.2 Å². The van der Waals surface area contributed by atoms with E-state index in [1.54, 1.807) is 23.4 Å². The molecule has 1 aromatic carbocycles. The highest BCUT2D eigenvalue weighted by Gasteiger charge is 2.34. The van der Waals surface area contributed by atoms with Crippen LogP contribution in [0.5, 0.6) is 5.75 Å². The second kappa shape index (κ2) is 8.32. The predicted molar refractivity (Wildman–Crippen MR) is 118 cm³/mol. The molecule has 11 nitrogen and oxygen atoms in total. The summed E-state index contributed by atoms with van der Waals surface area (Å²) in [6.45, 7) is 5.59. The second-order valence-electron chi connectivity index (χ2n) is 8.35. The van der Waals surface area contributed by atoms with E-state index >= 15 is 0 Å². The van der Waals surface area contributed by atoms with E-state index in [9.17, 15) is 9.59 Å². The largest absolute Gasteiger partial charge is 0.490 e. The lowest BCUT2D eigenvalue weighted by Crippen LogP contribution is -2.58. The number of rotatable bonds is 2. The van der Waals surface area contributed by atoms with E-state index < -0.39 is 0 Å². The second-order valence-corrected chi connectivity index (χ2v) is 8.35. The van der Waals surface area contributed by atoms with Gasteiger partial charge in [-0.25, -0.2) is 9.67 Å². The highest BCUT2D eigenvalue weighted by atomic mass is 16.5. The molecule has 2 aromatic heterocycles. The number of ether oxygens (including phenoxy) is 1. The number of fused-ring (bicyclic) bond motifs is 2. The normalized spacial score (nSPS) is 18.9. The third-order valence-electron chi connectivity index (χ3n) is 6.14. The van der Waals surface area contributed by atoms with Crippen molar-refractivity contribution in [1.82, 2.24) is 29.7 Å². The van der Waals surface area contributed by atoms with Crippen LogP contribution in [0.25, 0.3) is 11.4 Å². The number of nitrogens with zero attached hydrogens (tertiary/aromatic N) is 6. The van der Waals surface area contributed by atoms with Gasteiger partial charge < -0.3 is 19.5 Å². The maximum absolute atomic E-state index is 13.1. The first-order valence-electron chi connectivity index (χ1n) is 10.8. The minimum absolute atomic E-state index is 0.107. The van der Waals surface area contributed by atoms with Gasteiger partial charge in [0.15, 0.2) is 5.82 Å². The lowest BCUT2D eigenvalue weighted by Gasteiger charge is -2.40. The van der Waals surface area contributed by atoms with Crippen molar-refractivity contribution in [3.63, 3.8) is 0 Å². The van der Waals surface area contributed by atoms with Crippen LogP contribution in [0.1, 0.15) is 21.8 Å². The average Bonchev–Trinajstić information content (AvgIpc) is 3.38. The van der Waals surface area contributed by atoms with E-state index in [2.05, 4.69) is 25.5 Å². The van der Waals surface area contributed by atoms with Crippen LogP contribution in [0, 0.1) is 13.8 Å². The zero-order chi connectivity index (χ0) is 23.1. The molecule has 0 unspecified atom stereocenters. The fourth-order valence-electron chi connectivity index (χ4n) is 4.40. The number of piperazine rings is 1. The number of carbonyl (C=O) groups excluding carboxylic acids is 2. The van der Waals surface area contributed by atoms with Gasteiger partial charge in [-0.1, -0.05) is 5.16 Å². The summed E-state index contributed by atoms with van der Waals surface area (Å²) in [5, 5.41) is 11.0. The van der Waals surface area contributed by atoms with Crippen molar-refractivity contribution in [2.24, 2.45) is 7.05 Å². The molecule has 1 atom stereocenters. The third-order valence-corrected chi connectivity index (χ3v) is 6.14. The number of aryl methyl sites for hydroxylation is 3. The smallest absolute Gasteiger partial charge is 0.259 e. The lowest BCUT2D eigenvalue weighted by atomic mass is 10.1. The Kier molecular flexibility index (Phi) is 5.33. The fraction of sp³-hybridized carbons (Fsp3) is 0.409. The minimum atomic E-state index is -0.132. The Morgan fingerprint density at radius 3 is 2.82 bits per heavy atom. The SMILES string of the molecule is Cc1noc(C)c1C(=O)N1CCN2CC(=O)Nc3cc(-c4ncnn4C)ccc3OC[C@H]2C1. The molecule has 4 heterocycles. The summed E-state index contributed by atoms with van der Waals surface area (Å²) in [5.74, 6) is 1.54. The van der Waals surface area contributed by atoms with Crippen LogP contribution in [0.4, 0.5) is 5.69 Å². The molecule has 3 aromatic rings. The molecular formula is C22H25N7O4. The molecule has 0 bridgehead atoms. The Hall–Kier alpha value is -3.73. The average molecular weight is 451 g/mol. The number of carbonyl (C=O) groups is 2. The number of nitrogens with one attached hydrogen (secondary N) is 1. The van der Waals surface area contributed by atoms with Gasteiger partial charge in [-0.3, -0.25) is 14.5 Å². The molecule has 5 rings (SSSR count). The molecule has 0 saturated carbocycles. The van der Waals surface area contributed by atoms with Crippen LogP contribution in [-0.4, -0.2) is 80.4 Å². The third kappa shape index (κ3) is 3.95. The van der Waals surface area contributed by atoms with Gasteiger partial charge >= 0.3 is 0 Å². The number of hydrogen-bond donors (Lipinski definition) is 1. The topological polar surface area (TPSA) is 119 Å². The van der Waals surface area contributed by atoms with E-state index in [0.29, 0.717) is 60.5 Å². The van der Waals surface area contributed by atoms with Crippen LogP contribution >= 0.6 is 0 Å². The molecule has 1 N–H and O–H groups in total. The Morgan fingerprint density at radius 2 is 2.09 bits per heavy atom. The molecule has 2 aliphatic rings. The van der Waals surface area contributed by atoms with Crippen molar-refractivity contribution >= 4 is 17.5 Å². The molecule has 33 heavy (non-hydrogen) atoms. The molecular weight excluding hydrogens is 426 g/mol. The number of aromatic nitrogens is 4. The fourth-order valence-corrected chi connectivity index (χ4v) is 4.40. The zero-order valence-electron chi connectivity index (χ0n) is 18.7. The van der Waals surface area contributed by atoms with E-state index in [0.717, 1.165) is 5.56 Å². The van der Waals surface area contributed by atoms with E-state index in [1.165, 1.54) is 6.33 Å². The minimum Gasteiger partial charge on any atom is -0.490 e. The maximum Gasteiger partial charge on any atom is 0.259 e. The quantitative estimate of drug-likeness (QED) is 0.618. The van der Waals surface area contributed by atoms with Gasteiger partial charge in [0.1, 0.15) is 30.0 Å². The van der Waals surface area contributed by atoms with E-state index in [4.69, 9.17) is 9.26 Å². The number of amides is 2. The number of hydrogen-bond acceptors (Lipinski definition) is 8. The van der Waals surface area contributed by atoms with Crippen molar-refractivity contribution in [3.05, 3.63) is 41.5 Å². The van der Waals surface area contributed by atoms with Crippen LogP contribution < -0.4 is 10.1 Å². The van der Waals surface area contributed by atoms with E-state index in [-0.39, 0.29) is 24.4 Å². The van der Waals surface area contributed by atoms with E-state index in [1.807, 2.05) is 25.2 Å². The molecule has 172 valence electrons. The summed E-state index contributed by atoms with van der Waals surface area (Å²) in [7, 11) is 1.81. The van der Waals surface area contributed by atoms with Crippen molar-refractivity contribution in [2.45, 2.75) is 19.9 Å². The van der Waals surface area contributed by atoms with Crippen LogP contribution in [0.15, 0.2) is 29.0 Å². The molecule has 2 amide bonds.